The van der Waals surface area contributed by atoms with Gasteiger partial charge in [-0.25, -0.2) is 18.2 Å². The SMILES string of the molecule is O=C(N[C@H]1CC[C@@H](Nc2cccc3nc(C(F)F)cn23)CC1)c1ccc(F)cc1Cl. The molecule has 2 N–H and O–H groups in total. The van der Waals surface area contributed by atoms with Crippen molar-refractivity contribution in [2.24, 2.45) is 0 Å². The zero-order valence-electron chi connectivity index (χ0n) is 15.9. The zero-order valence-corrected chi connectivity index (χ0v) is 16.7. The molecule has 1 aliphatic rings. The third-order valence-corrected chi connectivity index (χ3v) is 5.64. The lowest BCUT2D eigenvalue weighted by molar-refractivity contribution is 0.0926. The molecular weight excluding hydrogens is 417 g/mol. The molecule has 5 nitrogen and oxygen atoms in total. The maximum atomic E-state index is 13.2. The van der Waals surface area contributed by atoms with Crippen LogP contribution in [0.5, 0.6) is 0 Å². The van der Waals surface area contributed by atoms with E-state index in [0.717, 1.165) is 31.7 Å². The molecule has 3 aromatic rings. The molecule has 4 rings (SSSR count). The second kappa shape index (κ2) is 8.55. The Morgan fingerprint density at radius 2 is 1.87 bits per heavy atom. The fourth-order valence-corrected chi connectivity index (χ4v) is 4.03. The first-order valence-electron chi connectivity index (χ1n) is 9.69. The van der Waals surface area contributed by atoms with Crippen LogP contribution < -0.4 is 10.6 Å². The molecule has 1 amide bonds. The number of carbonyl (C=O) groups is 1. The van der Waals surface area contributed by atoms with Crippen molar-refractivity contribution in [1.82, 2.24) is 14.7 Å². The number of fused-ring (bicyclic) bond motifs is 1. The van der Waals surface area contributed by atoms with Crippen molar-refractivity contribution < 1.29 is 18.0 Å². The maximum Gasteiger partial charge on any atom is 0.281 e. The smallest absolute Gasteiger partial charge is 0.281 e. The first-order chi connectivity index (χ1) is 14.4. The Bertz CT molecular complexity index is 1060. The molecule has 0 spiro atoms. The number of imidazole rings is 1. The van der Waals surface area contributed by atoms with Gasteiger partial charge < -0.3 is 10.6 Å². The van der Waals surface area contributed by atoms with E-state index >= 15 is 0 Å². The van der Waals surface area contributed by atoms with Gasteiger partial charge in [0.2, 0.25) is 0 Å². The highest BCUT2D eigenvalue weighted by Crippen LogP contribution is 2.26. The Morgan fingerprint density at radius 3 is 2.57 bits per heavy atom. The van der Waals surface area contributed by atoms with E-state index in [0.29, 0.717) is 11.5 Å². The van der Waals surface area contributed by atoms with Gasteiger partial charge in [-0.15, -0.1) is 0 Å². The molecule has 158 valence electrons. The van der Waals surface area contributed by atoms with Crippen molar-refractivity contribution in [1.29, 1.82) is 0 Å². The van der Waals surface area contributed by atoms with Crippen molar-refractivity contribution in [3.05, 3.63) is 64.7 Å². The molecule has 9 heteroatoms. The molecule has 2 heterocycles. The minimum atomic E-state index is -2.62. The van der Waals surface area contributed by atoms with Gasteiger partial charge in [-0.3, -0.25) is 9.20 Å². The average molecular weight is 437 g/mol. The predicted molar refractivity (Wildman–Crippen MR) is 109 cm³/mol. The molecule has 0 aliphatic heterocycles. The minimum absolute atomic E-state index is 0.00820. The fraction of sp³-hybridized carbons (Fsp3) is 0.333. The van der Waals surface area contributed by atoms with E-state index in [1.807, 2.05) is 6.07 Å². The second-order valence-corrected chi connectivity index (χ2v) is 7.80. The van der Waals surface area contributed by atoms with Crippen molar-refractivity contribution in [3.63, 3.8) is 0 Å². The summed E-state index contributed by atoms with van der Waals surface area (Å²) >= 11 is 5.96. The van der Waals surface area contributed by atoms with Gasteiger partial charge in [0.05, 0.1) is 10.6 Å². The summed E-state index contributed by atoms with van der Waals surface area (Å²) in [5.74, 6) is -0.103. The van der Waals surface area contributed by atoms with E-state index in [4.69, 9.17) is 11.6 Å². The third kappa shape index (κ3) is 4.38. The van der Waals surface area contributed by atoms with E-state index in [9.17, 15) is 18.0 Å². The Kier molecular flexibility index (Phi) is 5.85. The number of alkyl halides is 2. The number of benzene rings is 1. The predicted octanol–water partition coefficient (Wildman–Crippen LogP) is 5.22. The second-order valence-electron chi connectivity index (χ2n) is 7.40. The number of hydrogen-bond donors (Lipinski definition) is 2. The summed E-state index contributed by atoms with van der Waals surface area (Å²) < 4.78 is 40.7. The Hall–Kier alpha value is -2.74. The van der Waals surface area contributed by atoms with Gasteiger partial charge >= 0.3 is 0 Å². The number of hydrogen-bond acceptors (Lipinski definition) is 3. The molecule has 1 saturated carbocycles. The first kappa shape index (κ1) is 20.5. The molecule has 0 atom stereocenters. The molecule has 0 radical (unpaired) electrons. The van der Waals surface area contributed by atoms with Crippen LogP contribution in [0.4, 0.5) is 19.0 Å². The summed E-state index contributed by atoms with van der Waals surface area (Å²) in [4.78, 5) is 16.4. The van der Waals surface area contributed by atoms with E-state index in [2.05, 4.69) is 15.6 Å². The van der Waals surface area contributed by atoms with Crippen LogP contribution in [0.1, 0.15) is 48.2 Å². The number of pyridine rings is 1. The van der Waals surface area contributed by atoms with Gasteiger partial charge in [0, 0.05) is 18.3 Å². The zero-order chi connectivity index (χ0) is 21.3. The molecule has 0 unspecified atom stereocenters. The number of nitrogens with zero attached hydrogens (tertiary/aromatic N) is 2. The van der Waals surface area contributed by atoms with Crippen LogP contribution in [0, 0.1) is 5.82 Å². The Labute approximate surface area is 176 Å². The highest BCUT2D eigenvalue weighted by molar-refractivity contribution is 6.33. The van der Waals surface area contributed by atoms with Gasteiger partial charge in [-0.1, -0.05) is 17.7 Å². The standard InChI is InChI=1S/C21H20ClF3N4O/c22-16-10-12(23)4-9-15(16)21(30)27-14-7-5-13(6-8-14)26-18-2-1-3-19-28-17(20(24)25)11-29(18)19/h1-4,9-11,13-14,20,26H,5-8H2,(H,27,30)/t13-,14+. The molecule has 0 saturated heterocycles. The van der Waals surface area contributed by atoms with E-state index in [1.54, 1.807) is 16.5 Å². The highest BCUT2D eigenvalue weighted by Gasteiger charge is 2.24. The van der Waals surface area contributed by atoms with Gasteiger partial charge in [0.25, 0.3) is 12.3 Å². The molecule has 0 bridgehead atoms. The third-order valence-electron chi connectivity index (χ3n) is 5.32. The number of carbonyl (C=O) groups excluding carboxylic acids is 1. The van der Waals surface area contributed by atoms with Gasteiger partial charge in [0.1, 0.15) is 23.0 Å². The van der Waals surface area contributed by atoms with Crippen LogP contribution >= 0.6 is 11.6 Å². The molecule has 1 aromatic carbocycles. The maximum absolute atomic E-state index is 13.2. The van der Waals surface area contributed by atoms with E-state index < -0.39 is 12.2 Å². The Morgan fingerprint density at radius 1 is 1.13 bits per heavy atom. The van der Waals surface area contributed by atoms with E-state index in [1.165, 1.54) is 18.3 Å². The van der Waals surface area contributed by atoms with E-state index in [-0.39, 0.29) is 34.3 Å². The van der Waals surface area contributed by atoms with Gasteiger partial charge in [0.15, 0.2) is 0 Å². The number of anilines is 1. The van der Waals surface area contributed by atoms with Crippen LogP contribution in [0.15, 0.2) is 42.6 Å². The summed E-state index contributed by atoms with van der Waals surface area (Å²) in [6, 6.07) is 9.13. The molecular formula is C21H20ClF3N4O. The van der Waals surface area contributed by atoms with Crippen LogP contribution in [-0.2, 0) is 0 Å². The number of aromatic nitrogens is 2. The monoisotopic (exact) mass is 436 g/mol. The lowest BCUT2D eigenvalue weighted by atomic mass is 9.91. The van der Waals surface area contributed by atoms with Crippen molar-refractivity contribution in [2.45, 2.75) is 44.2 Å². The lowest BCUT2D eigenvalue weighted by Crippen LogP contribution is -2.40. The van der Waals surface area contributed by atoms with Gasteiger partial charge in [-0.2, -0.15) is 0 Å². The normalized spacial score (nSPS) is 19.2. The summed E-state index contributed by atoms with van der Waals surface area (Å²) in [5, 5.41) is 6.44. The number of halogens is 4. The number of amides is 1. The quantitative estimate of drug-likeness (QED) is 0.576. The summed E-state index contributed by atoms with van der Waals surface area (Å²) in [5.41, 5.74) is 0.461. The summed E-state index contributed by atoms with van der Waals surface area (Å²) in [7, 11) is 0. The number of rotatable bonds is 5. The van der Waals surface area contributed by atoms with Crippen LogP contribution in [-0.4, -0.2) is 27.4 Å². The first-order valence-corrected chi connectivity index (χ1v) is 10.1. The molecule has 30 heavy (non-hydrogen) atoms. The van der Waals surface area contributed by atoms with Gasteiger partial charge in [-0.05, 0) is 56.0 Å². The Balaban J connectivity index is 1.36. The molecule has 1 fully saturated rings. The topological polar surface area (TPSA) is 58.4 Å². The molecule has 1 aliphatic carbocycles. The van der Waals surface area contributed by atoms with Crippen molar-refractivity contribution in [2.75, 3.05) is 5.32 Å². The minimum Gasteiger partial charge on any atom is -0.368 e. The van der Waals surface area contributed by atoms with Crippen LogP contribution in [0.25, 0.3) is 5.65 Å². The van der Waals surface area contributed by atoms with Crippen LogP contribution in [0.2, 0.25) is 5.02 Å². The fourth-order valence-electron chi connectivity index (χ4n) is 3.78. The lowest BCUT2D eigenvalue weighted by Gasteiger charge is -2.30. The summed E-state index contributed by atoms with van der Waals surface area (Å²) in [6.45, 7) is 0. The molecule has 2 aromatic heterocycles. The van der Waals surface area contributed by atoms with Crippen molar-refractivity contribution >= 4 is 29.0 Å². The number of nitrogens with one attached hydrogen (secondary N) is 2. The summed E-state index contributed by atoms with van der Waals surface area (Å²) in [6.07, 6.45) is 1.84. The largest absolute Gasteiger partial charge is 0.368 e. The van der Waals surface area contributed by atoms with Crippen molar-refractivity contribution in [3.8, 4) is 0 Å². The highest BCUT2D eigenvalue weighted by atomic mass is 35.5. The average Bonchev–Trinajstić information content (AvgIpc) is 3.15. The van der Waals surface area contributed by atoms with Crippen LogP contribution in [0.3, 0.4) is 0 Å².